The fourth-order valence-electron chi connectivity index (χ4n) is 5.12. The Labute approximate surface area is 255 Å². The Hall–Kier alpha value is -5.26. The van der Waals surface area contributed by atoms with Crippen LogP contribution in [0.1, 0.15) is 36.0 Å². The molecule has 1 aliphatic heterocycles. The number of amides is 5. The number of aliphatic carboxylic acids is 1. The summed E-state index contributed by atoms with van der Waals surface area (Å²) in [4.78, 5) is 69.3. The second-order valence-electron chi connectivity index (χ2n) is 10.6. The minimum absolute atomic E-state index is 0.0727. The van der Waals surface area contributed by atoms with Gasteiger partial charge in [0.05, 0.1) is 12.8 Å². The Morgan fingerprint density at radius 1 is 0.841 bits per heavy atom. The highest BCUT2D eigenvalue weighted by molar-refractivity contribution is 5.93. The molecule has 0 saturated carbocycles. The summed E-state index contributed by atoms with van der Waals surface area (Å²) in [5.41, 5.74) is 7.09. The van der Waals surface area contributed by atoms with Gasteiger partial charge in [-0.2, -0.15) is 0 Å². The zero-order valence-electron chi connectivity index (χ0n) is 24.1. The first-order valence-corrected chi connectivity index (χ1v) is 14.4. The molecule has 0 bridgehead atoms. The van der Waals surface area contributed by atoms with Gasteiger partial charge in [-0.15, -0.1) is 0 Å². The van der Waals surface area contributed by atoms with Crippen LogP contribution in [0.25, 0.3) is 0 Å². The molecule has 5 amide bonds. The predicted octanol–water partition coefficient (Wildman–Crippen LogP) is 1.76. The van der Waals surface area contributed by atoms with Crippen molar-refractivity contribution < 1.29 is 29.1 Å². The van der Waals surface area contributed by atoms with Gasteiger partial charge in [0.25, 0.3) is 0 Å². The molecule has 0 unspecified atom stereocenters. The molecular weight excluding hydrogens is 564 g/mol. The van der Waals surface area contributed by atoms with Gasteiger partial charge in [0.15, 0.2) is 0 Å². The number of hydrogen-bond acceptors (Lipinski definition) is 6. The van der Waals surface area contributed by atoms with E-state index >= 15 is 0 Å². The summed E-state index contributed by atoms with van der Waals surface area (Å²) in [6.07, 6.45) is 4.26. The molecule has 12 nitrogen and oxygen atoms in total. The summed E-state index contributed by atoms with van der Waals surface area (Å²) < 4.78 is 0. The number of urea groups is 1. The number of nitrogens with one attached hydrogen (secondary N) is 4. The van der Waals surface area contributed by atoms with Crippen LogP contribution in [-0.4, -0.2) is 69.4 Å². The molecule has 0 radical (unpaired) electrons. The highest BCUT2D eigenvalue weighted by Crippen LogP contribution is 2.18. The summed E-state index contributed by atoms with van der Waals surface area (Å²) in [6.45, 7) is 0.287. The van der Waals surface area contributed by atoms with Gasteiger partial charge >= 0.3 is 12.0 Å². The molecule has 12 heteroatoms. The number of benzene rings is 2. The lowest BCUT2D eigenvalue weighted by Crippen LogP contribution is -2.57. The maximum Gasteiger partial charge on any atom is 0.336 e. The molecule has 1 aliphatic rings. The van der Waals surface area contributed by atoms with Gasteiger partial charge in [-0.05, 0) is 42.0 Å². The average Bonchev–Trinajstić information content (AvgIpc) is 3.51. The number of carboxylic acid groups (broad SMARTS) is 1. The maximum absolute atomic E-state index is 13.5. The van der Waals surface area contributed by atoms with Gasteiger partial charge in [0, 0.05) is 31.4 Å². The molecule has 4 rings (SSSR count). The Morgan fingerprint density at radius 2 is 1.52 bits per heavy atom. The number of carbonyl (C=O) groups is 5. The average molecular weight is 601 g/mol. The molecular formula is C32H36N6O6. The highest BCUT2D eigenvalue weighted by Gasteiger charge is 2.36. The lowest BCUT2D eigenvalue weighted by atomic mass is 10.0. The van der Waals surface area contributed by atoms with Crippen molar-refractivity contribution in [3.05, 3.63) is 102 Å². The van der Waals surface area contributed by atoms with Crippen molar-refractivity contribution in [3.63, 3.8) is 0 Å². The molecule has 0 spiro atoms. The fraction of sp³-hybridized carbons (Fsp3) is 0.312. The highest BCUT2D eigenvalue weighted by atomic mass is 16.4. The zero-order chi connectivity index (χ0) is 31.3. The number of carbonyl (C=O) groups excluding carboxylic acids is 4. The van der Waals surface area contributed by atoms with E-state index < -0.39 is 47.8 Å². The quantitative estimate of drug-likeness (QED) is 0.197. The number of aromatic nitrogens is 1. The van der Waals surface area contributed by atoms with Crippen molar-refractivity contribution in [2.24, 2.45) is 0 Å². The van der Waals surface area contributed by atoms with E-state index in [1.807, 2.05) is 48.5 Å². The molecule has 1 aromatic heterocycles. The van der Waals surface area contributed by atoms with Gasteiger partial charge in [-0.3, -0.25) is 29.6 Å². The van der Waals surface area contributed by atoms with E-state index in [4.69, 9.17) is 0 Å². The van der Waals surface area contributed by atoms with Crippen LogP contribution in [0, 0.1) is 0 Å². The minimum atomic E-state index is -1.07. The molecule has 44 heavy (non-hydrogen) atoms. The molecule has 5 N–H and O–H groups in total. The number of pyridine rings is 1. The molecule has 2 aromatic carbocycles. The van der Waals surface area contributed by atoms with Crippen LogP contribution in [0.3, 0.4) is 0 Å². The van der Waals surface area contributed by atoms with Crippen molar-refractivity contribution >= 4 is 29.7 Å². The summed E-state index contributed by atoms with van der Waals surface area (Å²) in [5.74, 6) is -2.56. The maximum atomic E-state index is 13.5. The smallest absolute Gasteiger partial charge is 0.336 e. The van der Waals surface area contributed by atoms with Gasteiger partial charge in [-0.25, -0.2) is 10.2 Å². The Bertz CT molecular complexity index is 1420. The Morgan fingerprint density at radius 3 is 2.18 bits per heavy atom. The van der Waals surface area contributed by atoms with Crippen LogP contribution in [0.4, 0.5) is 4.79 Å². The van der Waals surface area contributed by atoms with E-state index in [-0.39, 0.29) is 25.8 Å². The molecule has 3 aromatic rings. The van der Waals surface area contributed by atoms with Crippen LogP contribution in [0.2, 0.25) is 0 Å². The summed E-state index contributed by atoms with van der Waals surface area (Å²) in [7, 11) is 0. The zero-order valence-corrected chi connectivity index (χ0v) is 24.1. The third-order valence-electron chi connectivity index (χ3n) is 7.22. The first kappa shape index (κ1) is 31.7. The van der Waals surface area contributed by atoms with Crippen molar-refractivity contribution in [1.29, 1.82) is 0 Å². The van der Waals surface area contributed by atoms with Gasteiger partial charge in [-0.1, -0.05) is 66.7 Å². The van der Waals surface area contributed by atoms with Crippen LogP contribution in [0.15, 0.2) is 85.2 Å². The monoisotopic (exact) mass is 600 g/mol. The fourth-order valence-corrected chi connectivity index (χ4v) is 5.12. The van der Waals surface area contributed by atoms with E-state index in [9.17, 15) is 29.1 Å². The molecule has 0 aliphatic carbocycles. The molecule has 3 atom stereocenters. The Balaban J connectivity index is 1.41. The lowest BCUT2D eigenvalue weighted by molar-refractivity contribution is -0.138. The molecule has 230 valence electrons. The summed E-state index contributed by atoms with van der Waals surface area (Å²) >= 11 is 0. The van der Waals surface area contributed by atoms with Gasteiger partial charge in [0.2, 0.25) is 17.7 Å². The number of carboxylic acids is 1. The minimum Gasteiger partial charge on any atom is -0.481 e. The van der Waals surface area contributed by atoms with Crippen molar-refractivity contribution in [2.45, 2.75) is 56.7 Å². The van der Waals surface area contributed by atoms with Crippen molar-refractivity contribution in [1.82, 2.24) is 31.4 Å². The number of rotatable bonds is 12. The van der Waals surface area contributed by atoms with E-state index in [2.05, 4.69) is 26.5 Å². The van der Waals surface area contributed by atoms with Gasteiger partial charge < -0.3 is 20.6 Å². The van der Waals surface area contributed by atoms with E-state index in [0.29, 0.717) is 24.8 Å². The van der Waals surface area contributed by atoms with Gasteiger partial charge in [0.1, 0.15) is 12.1 Å². The largest absolute Gasteiger partial charge is 0.481 e. The number of nitrogens with zero attached hydrogens (tertiary/aromatic N) is 2. The van der Waals surface area contributed by atoms with E-state index in [1.165, 1.54) is 4.90 Å². The first-order valence-electron chi connectivity index (χ1n) is 14.4. The number of likely N-dealkylation sites (tertiary alicyclic amines) is 1. The second-order valence-corrected chi connectivity index (χ2v) is 10.6. The van der Waals surface area contributed by atoms with Crippen molar-refractivity contribution in [2.75, 3.05) is 6.54 Å². The standard InChI is InChI=1S/C32H36N6O6/c39-28(19-23-11-5-2-6-12-23)36-37-32(44)38-16-8-14-27(38)31(43)35-26(18-24-13-7-15-33-21-24)30(42)34-25(20-29(40)41)17-22-9-3-1-4-10-22/h1-7,9-13,15,21,25-27H,8,14,16-20H2,(H,34,42)(H,35,43)(H,36,39)(H,37,44)(H,40,41)/t25-,26-,27-/m0/s1. The third kappa shape index (κ3) is 9.65. The lowest BCUT2D eigenvalue weighted by Gasteiger charge is -2.27. The SMILES string of the molecule is O=C(O)C[C@H](Cc1ccccc1)NC(=O)[C@H](Cc1cccnc1)NC(=O)[C@@H]1CCCN1C(=O)NNC(=O)Cc1ccccc1. The van der Waals surface area contributed by atoms with E-state index in [0.717, 1.165) is 11.1 Å². The molecule has 1 fully saturated rings. The topological polar surface area (TPSA) is 170 Å². The van der Waals surface area contributed by atoms with Crippen LogP contribution < -0.4 is 21.5 Å². The summed E-state index contributed by atoms with van der Waals surface area (Å²) in [6, 6.07) is 18.5. The first-order chi connectivity index (χ1) is 21.3. The number of hydrazine groups is 1. The van der Waals surface area contributed by atoms with Crippen LogP contribution in [-0.2, 0) is 38.4 Å². The normalized spacial score (nSPS) is 15.5. The Kier molecular flexibility index (Phi) is 11.4. The predicted molar refractivity (Wildman–Crippen MR) is 161 cm³/mol. The molecule has 2 heterocycles. The van der Waals surface area contributed by atoms with E-state index in [1.54, 1.807) is 36.7 Å². The third-order valence-corrected chi connectivity index (χ3v) is 7.22. The van der Waals surface area contributed by atoms with Crippen LogP contribution >= 0.6 is 0 Å². The summed E-state index contributed by atoms with van der Waals surface area (Å²) in [5, 5.41) is 15.1. The van der Waals surface area contributed by atoms with Crippen LogP contribution in [0.5, 0.6) is 0 Å². The molecule has 1 saturated heterocycles. The van der Waals surface area contributed by atoms with Crippen molar-refractivity contribution in [3.8, 4) is 0 Å². The second kappa shape index (κ2) is 15.8. The number of hydrogen-bond donors (Lipinski definition) is 5.